The Labute approximate surface area is 43.7 Å². The molecular formula is C4H11NO2. The van der Waals surface area contributed by atoms with E-state index < -0.39 is 0 Å². The second-order valence-electron chi connectivity index (χ2n) is 1.69. The van der Waals surface area contributed by atoms with Gasteiger partial charge >= 0.3 is 0 Å². The highest BCUT2D eigenvalue weighted by Crippen LogP contribution is 2.00. The second-order valence-corrected chi connectivity index (χ2v) is 1.69. The Balaban J connectivity index is 0.000000490. The van der Waals surface area contributed by atoms with Crippen molar-refractivity contribution >= 4 is 0 Å². The van der Waals surface area contributed by atoms with Gasteiger partial charge in [0.25, 0.3) is 0 Å². The summed E-state index contributed by atoms with van der Waals surface area (Å²) in [7, 11) is 0. The molecule has 1 heterocycles. The molecule has 0 radical (unpaired) electrons. The average Bonchev–Trinajstić information content (AvgIpc) is 2.14. The fraction of sp³-hybridized carbons (Fsp3) is 1.00. The molecule has 0 aromatic rings. The van der Waals surface area contributed by atoms with E-state index in [4.69, 9.17) is 9.94 Å². The zero-order chi connectivity index (χ0) is 5.11. The van der Waals surface area contributed by atoms with Gasteiger partial charge < -0.3 is 9.94 Å². The van der Waals surface area contributed by atoms with E-state index in [1.54, 1.807) is 0 Å². The Kier molecular flexibility index (Phi) is 1.62. The summed E-state index contributed by atoms with van der Waals surface area (Å²) < 4.78 is 4.93. The first-order valence-corrected chi connectivity index (χ1v) is 2.41. The molecule has 0 aliphatic carbocycles. The molecule has 1 unspecified atom stereocenters. The van der Waals surface area contributed by atoms with E-state index in [2.05, 4.69) is 5.48 Å². The lowest BCUT2D eigenvalue weighted by Crippen LogP contribution is -2.25. The molecule has 1 fully saturated rings. The zero-order valence-corrected chi connectivity index (χ0v) is 4.05. The fourth-order valence-electron chi connectivity index (χ4n) is 0.636. The summed E-state index contributed by atoms with van der Waals surface area (Å²) in [6.45, 7) is 1.43. The minimum absolute atomic E-state index is 0. The van der Waals surface area contributed by atoms with Crippen molar-refractivity contribution < 1.29 is 11.4 Å². The third-order valence-corrected chi connectivity index (χ3v) is 1.11. The Morgan fingerprint density at radius 2 is 2.71 bits per heavy atom. The molecule has 1 rings (SSSR count). The first-order chi connectivity index (χ1) is 3.43. The minimum Gasteiger partial charge on any atom is -0.380 e. The highest BCUT2D eigenvalue weighted by Gasteiger charge is 2.12. The monoisotopic (exact) mass is 105 g/mol. The maximum Gasteiger partial charge on any atom is 0.0643 e. The molecule has 1 atom stereocenters. The molecule has 0 bridgehead atoms. The summed E-state index contributed by atoms with van der Waals surface area (Å²) in [5.41, 5.74) is 2.14. The zero-order valence-electron chi connectivity index (χ0n) is 4.05. The summed E-state index contributed by atoms with van der Waals surface area (Å²) >= 11 is 0. The van der Waals surface area contributed by atoms with Gasteiger partial charge in [0.05, 0.1) is 12.6 Å². The van der Waals surface area contributed by atoms with E-state index in [9.17, 15) is 0 Å². The molecule has 1 saturated heterocycles. The van der Waals surface area contributed by atoms with Crippen molar-refractivity contribution in [2.75, 3.05) is 13.2 Å². The first kappa shape index (κ1) is 5.03. The minimum atomic E-state index is 0. The quantitative estimate of drug-likeness (QED) is 0.461. The molecule has 1 aliphatic heterocycles. The Bertz CT molecular complexity index is 56.0. The van der Waals surface area contributed by atoms with Gasteiger partial charge in [0.15, 0.2) is 0 Å². The van der Waals surface area contributed by atoms with Crippen molar-refractivity contribution in [3.8, 4) is 0 Å². The first-order valence-electron chi connectivity index (χ1n) is 2.41. The van der Waals surface area contributed by atoms with Crippen molar-refractivity contribution in [3.63, 3.8) is 0 Å². The van der Waals surface area contributed by atoms with Gasteiger partial charge in [-0.1, -0.05) is 0 Å². The van der Waals surface area contributed by atoms with Crippen LogP contribution >= 0.6 is 0 Å². The normalized spacial score (nSPS) is 31.3. The molecule has 44 valence electrons. The van der Waals surface area contributed by atoms with Crippen LogP contribution in [-0.2, 0) is 4.74 Å². The molecule has 1 aliphatic rings. The van der Waals surface area contributed by atoms with Gasteiger partial charge in [0.1, 0.15) is 0 Å². The Hall–Kier alpha value is -0.120. The highest BCUT2D eigenvalue weighted by atomic mass is 16.5. The third-order valence-electron chi connectivity index (χ3n) is 1.11. The van der Waals surface area contributed by atoms with Crippen LogP contribution in [0.25, 0.3) is 0 Å². The number of rotatable bonds is 1. The summed E-state index contributed by atoms with van der Waals surface area (Å²) in [5, 5.41) is 8.24. The molecule has 7 heavy (non-hydrogen) atoms. The molecule has 0 aromatic carbocycles. The van der Waals surface area contributed by atoms with Crippen LogP contribution in [0.3, 0.4) is 0 Å². The lowest BCUT2D eigenvalue weighted by atomic mass is 10.3. The molecular weight excluding hydrogens is 94.0 g/mol. The van der Waals surface area contributed by atoms with Gasteiger partial charge in [-0.3, -0.25) is 0 Å². The van der Waals surface area contributed by atoms with E-state index >= 15 is 0 Å². The maximum absolute atomic E-state index is 8.24. The van der Waals surface area contributed by atoms with E-state index in [0.717, 1.165) is 13.0 Å². The standard InChI is InChI=1S/C4H9NO2.H2/c6-5-4-1-2-7-3-4;/h4-6H,1-3H2;1H. The number of hydroxylamine groups is 1. The van der Waals surface area contributed by atoms with Gasteiger partial charge in [-0.15, -0.1) is 0 Å². The molecule has 0 amide bonds. The van der Waals surface area contributed by atoms with Crippen LogP contribution in [0.15, 0.2) is 0 Å². The van der Waals surface area contributed by atoms with Crippen molar-refractivity contribution in [1.29, 1.82) is 0 Å². The number of nitrogens with one attached hydrogen (secondary N) is 1. The maximum atomic E-state index is 8.24. The van der Waals surface area contributed by atoms with E-state index in [1.807, 2.05) is 0 Å². The molecule has 2 N–H and O–H groups in total. The van der Waals surface area contributed by atoms with Gasteiger partial charge in [0, 0.05) is 8.03 Å². The fourth-order valence-corrected chi connectivity index (χ4v) is 0.636. The predicted octanol–water partition coefficient (Wildman–Crippen LogP) is 0.0001000. The van der Waals surface area contributed by atoms with Crippen LogP contribution in [0.1, 0.15) is 7.85 Å². The van der Waals surface area contributed by atoms with Crippen molar-refractivity contribution in [3.05, 3.63) is 0 Å². The SMILES string of the molecule is ONC1CCOC1.[HH]. The van der Waals surface area contributed by atoms with E-state index in [1.165, 1.54) is 0 Å². The predicted molar refractivity (Wildman–Crippen MR) is 26.3 cm³/mol. The van der Waals surface area contributed by atoms with Crippen LogP contribution in [-0.4, -0.2) is 24.5 Å². The van der Waals surface area contributed by atoms with Gasteiger partial charge in [-0.2, -0.15) is 0 Å². The topological polar surface area (TPSA) is 41.5 Å². The van der Waals surface area contributed by atoms with Crippen LogP contribution in [0.5, 0.6) is 0 Å². The highest BCUT2D eigenvalue weighted by molar-refractivity contribution is 4.65. The van der Waals surface area contributed by atoms with Gasteiger partial charge in [0.2, 0.25) is 0 Å². The molecule has 0 aromatic heterocycles. The summed E-state index contributed by atoms with van der Waals surface area (Å²) in [5.74, 6) is 0. The van der Waals surface area contributed by atoms with Crippen molar-refractivity contribution in [2.45, 2.75) is 12.5 Å². The van der Waals surface area contributed by atoms with E-state index in [-0.39, 0.29) is 7.47 Å². The van der Waals surface area contributed by atoms with Gasteiger partial charge in [-0.05, 0) is 6.42 Å². The molecule has 0 saturated carbocycles. The average molecular weight is 105 g/mol. The Morgan fingerprint density at radius 3 is 3.00 bits per heavy atom. The molecule has 0 spiro atoms. The third kappa shape index (κ3) is 1.12. The number of hydrogen-bond acceptors (Lipinski definition) is 3. The second kappa shape index (κ2) is 2.26. The van der Waals surface area contributed by atoms with Gasteiger partial charge in [-0.25, -0.2) is 5.48 Å². The van der Waals surface area contributed by atoms with Crippen molar-refractivity contribution in [1.82, 2.24) is 5.48 Å². The number of ether oxygens (including phenoxy) is 1. The van der Waals surface area contributed by atoms with Crippen LogP contribution < -0.4 is 5.48 Å². The van der Waals surface area contributed by atoms with Crippen LogP contribution in [0.4, 0.5) is 0 Å². The number of hydrogen-bond donors (Lipinski definition) is 2. The van der Waals surface area contributed by atoms with E-state index in [0.29, 0.717) is 6.61 Å². The smallest absolute Gasteiger partial charge is 0.0643 e. The summed E-state index contributed by atoms with van der Waals surface area (Å²) in [6.07, 6.45) is 0.927. The van der Waals surface area contributed by atoms with Crippen molar-refractivity contribution in [2.24, 2.45) is 0 Å². The lowest BCUT2D eigenvalue weighted by Gasteiger charge is -1.99. The van der Waals surface area contributed by atoms with Crippen LogP contribution in [0, 0.1) is 0 Å². The van der Waals surface area contributed by atoms with Crippen LogP contribution in [0.2, 0.25) is 0 Å². The summed E-state index contributed by atoms with van der Waals surface area (Å²) in [6, 6.07) is 0.181. The summed E-state index contributed by atoms with van der Waals surface area (Å²) in [4.78, 5) is 0. The molecule has 3 nitrogen and oxygen atoms in total. The lowest BCUT2D eigenvalue weighted by molar-refractivity contribution is 0.110. The molecule has 3 heteroatoms. The Morgan fingerprint density at radius 1 is 1.86 bits per heavy atom. The largest absolute Gasteiger partial charge is 0.380 e.